The molecule has 5 nitrogen and oxygen atoms in total. The number of aromatic nitrogens is 3. The molecule has 20 heavy (non-hydrogen) atoms. The van der Waals surface area contributed by atoms with E-state index in [1.165, 1.54) is 17.0 Å². The lowest BCUT2D eigenvalue weighted by atomic mass is 9.96. The molecule has 0 radical (unpaired) electrons. The van der Waals surface area contributed by atoms with Crippen molar-refractivity contribution in [3.63, 3.8) is 0 Å². The number of amides is 1. The van der Waals surface area contributed by atoms with Gasteiger partial charge in [-0.05, 0) is 26.2 Å². The van der Waals surface area contributed by atoms with Crippen molar-refractivity contribution in [2.75, 3.05) is 5.32 Å². The van der Waals surface area contributed by atoms with E-state index in [1.54, 1.807) is 6.20 Å². The molecule has 1 unspecified atom stereocenters. The van der Waals surface area contributed by atoms with Crippen LogP contribution in [0.3, 0.4) is 0 Å². The summed E-state index contributed by atoms with van der Waals surface area (Å²) in [5, 5.41) is 5.29. The SMILES string of the molecule is CCC1(C)CCc2c(CC(=O)Nc3nccs3)ncn21. The second-order valence-corrected chi connectivity index (χ2v) is 6.32. The van der Waals surface area contributed by atoms with E-state index in [0.717, 1.165) is 25.0 Å². The number of rotatable bonds is 4. The molecule has 1 amide bonds. The molecule has 1 aliphatic heterocycles. The van der Waals surface area contributed by atoms with Crippen molar-refractivity contribution in [2.45, 2.75) is 45.1 Å². The monoisotopic (exact) mass is 290 g/mol. The van der Waals surface area contributed by atoms with Gasteiger partial charge in [-0.2, -0.15) is 0 Å². The molecule has 0 saturated heterocycles. The molecule has 0 saturated carbocycles. The van der Waals surface area contributed by atoms with E-state index < -0.39 is 0 Å². The molecular formula is C14H18N4OS. The van der Waals surface area contributed by atoms with Gasteiger partial charge >= 0.3 is 0 Å². The van der Waals surface area contributed by atoms with Gasteiger partial charge in [0.1, 0.15) is 0 Å². The predicted molar refractivity (Wildman–Crippen MR) is 78.9 cm³/mol. The molecule has 0 fully saturated rings. The van der Waals surface area contributed by atoms with Gasteiger partial charge in [-0.1, -0.05) is 6.92 Å². The van der Waals surface area contributed by atoms with Gasteiger partial charge in [-0.3, -0.25) is 4.79 Å². The average Bonchev–Trinajstić information content (AvgIpc) is 3.11. The van der Waals surface area contributed by atoms with Crippen molar-refractivity contribution in [1.82, 2.24) is 14.5 Å². The van der Waals surface area contributed by atoms with E-state index in [-0.39, 0.29) is 11.4 Å². The number of hydrogen-bond acceptors (Lipinski definition) is 4. The van der Waals surface area contributed by atoms with Gasteiger partial charge in [0.25, 0.3) is 0 Å². The van der Waals surface area contributed by atoms with Gasteiger partial charge in [0.05, 0.1) is 18.4 Å². The van der Waals surface area contributed by atoms with Crippen LogP contribution in [0.5, 0.6) is 0 Å². The quantitative estimate of drug-likeness (QED) is 0.941. The van der Waals surface area contributed by atoms with Crippen LogP contribution >= 0.6 is 11.3 Å². The molecule has 106 valence electrons. The molecule has 2 aromatic heterocycles. The molecule has 0 aromatic carbocycles. The molecule has 3 rings (SSSR count). The highest BCUT2D eigenvalue weighted by molar-refractivity contribution is 7.13. The maximum atomic E-state index is 12.0. The number of anilines is 1. The van der Waals surface area contributed by atoms with Crippen LogP contribution in [0, 0.1) is 0 Å². The standard InChI is InChI=1S/C14H18N4OS/c1-3-14(2)5-4-11-10(16-9-18(11)14)8-12(19)17-13-15-6-7-20-13/h6-7,9H,3-5,8H2,1-2H3,(H,15,17,19). The Balaban J connectivity index is 1.74. The van der Waals surface area contributed by atoms with Gasteiger partial charge < -0.3 is 9.88 Å². The third kappa shape index (κ3) is 2.24. The molecule has 6 heteroatoms. The van der Waals surface area contributed by atoms with Gasteiger partial charge in [-0.25, -0.2) is 9.97 Å². The third-order valence-corrected chi connectivity index (χ3v) is 4.89. The molecule has 3 heterocycles. The van der Waals surface area contributed by atoms with Crippen molar-refractivity contribution in [2.24, 2.45) is 0 Å². The van der Waals surface area contributed by atoms with Crippen LogP contribution in [0.4, 0.5) is 5.13 Å². The zero-order valence-corrected chi connectivity index (χ0v) is 12.5. The van der Waals surface area contributed by atoms with E-state index in [0.29, 0.717) is 11.6 Å². The Hall–Kier alpha value is -1.69. The van der Waals surface area contributed by atoms with Crippen molar-refractivity contribution in [3.8, 4) is 0 Å². The normalized spacial score (nSPS) is 20.9. The average molecular weight is 290 g/mol. The number of nitrogens with zero attached hydrogens (tertiary/aromatic N) is 3. The topological polar surface area (TPSA) is 59.8 Å². The first-order valence-corrected chi connectivity index (χ1v) is 7.75. The van der Waals surface area contributed by atoms with Crippen molar-refractivity contribution >= 4 is 22.4 Å². The third-order valence-electron chi connectivity index (χ3n) is 4.20. The second-order valence-electron chi connectivity index (χ2n) is 5.42. The number of carbonyl (C=O) groups excluding carboxylic acids is 1. The van der Waals surface area contributed by atoms with E-state index in [4.69, 9.17) is 0 Å². The molecular weight excluding hydrogens is 272 g/mol. The van der Waals surface area contributed by atoms with Crippen LogP contribution in [0.2, 0.25) is 0 Å². The Labute approximate surface area is 122 Å². The van der Waals surface area contributed by atoms with Crippen LogP contribution in [-0.4, -0.2) is 20.4 Å². The first kappa shape index (κ1) is 13.3. The molecule has 2 aromatic rings. The minimum atomic E-state index is -0.0495. The molecule has 1 aliphatic rings. The lowest BCUT2D eigenvalue weighted by molar-refractivity contribution is -0.115. The molecule has 0 aliphatic carbocycles. The van der Waals surface area contributed by atoms with Gasteiger partial charge in [0, 0.05) is 22.8 Å². The minimum absolute atomic E-state index is 0.0495. The number of nitrogens with one attached hydrogen (secondary N) is 1. The Morgan fingerprint density at radius 3 is 3.10 bits per heavy atom. The summed E-state index contributed by atoms with van der Waals surface area (Å²) in [5.41, 5.74) is 2.27. The fourth-order valence-electron chi connectivity index (χ4n) is 2.74. The first-order chi connectivity index (χ1) is 9.62. The Morgan fingerprint density at radius 1 is 1.55 bits per heavy atom. The second kappa shape index (κ2) is 5.01. The van der Waals surface area contributed by atoms with Crippen LogP contribution in [-0.2, 0) is 23.2 Å². The molecule has 0 bridgehead atoms. The van der Waals surface area contributed by atoms with Crippen LogP contribution < -0.4 is 5.32 Å². The fraction of sp³-hybridized carbons (Fsp3) is 0.500. The number of fused-ring (bicyclic) bond motifs is 1. The van der Waals surface area contributed by atoms with E-state index in [2.05, 4.69) is 33.7 Å². The Kier molecular flexibility index (Phi) is 3.33. The smallest absolute Gasteiger partial charge is 0.232 e. The van der Waals surface area contributed by atoms with E-state index in [9.17, 15) is 4.79 Å². The molecule has 1 N–H and O–H groups in total. The highest BCUT2D eigenvalue weighted by Crippen LogP contribution is 2.35. The molecule has 1 atom stereocenters. The minimum Gasteiger partial charge on any atom is -0.328 e. The van der Waals surface area contributed by atoms with E-state index >= 15 is 0 Å². The summed E-state index contributed by atoms with van der Waals surface area (Å²) in [7, 11) is 0. The lowest BCUT2D eigenvalue weighted by Gasteiger charge is -2.24. The fourth-order valence-corrected chi connectivity index (χ4v) is 3.29. The van der Waals surface area contributed by atoms with Crippen LogP contribution in [0.1, 0.15) is 38.1 Å². The largest absolute Gasteiger partial charge is 0.328 e. The number of carbonyl (C=O) groups is 1. The summed E-state index contributed by atoms with van der Waals surface area (Å²) in [6, 6.07) is 0. The highest BCUT2D eigenvalue weighted by atomic mass is 32.1. The summed E-state index contributed by atoms with van der Waals surface area (Å²) in [5.74, 6) is -0.0495. The summed E-state index contributed by atoms with van der Waals surface area (Å²) in [6.07, 6.45) is 7.11. The number of hydrogen-bond donors (Lipinski definition) is 1. The Bertz CT molecular complexity index is 619. The zero-order chi connectivity index (χ0) is 14.2. The molecule has 0 spiro atoms. The van der Waals surface area contributed by atoms with Crippen LogP contribution in [0.25, 0.3) is 0 Å². The number of thiazole rings is 1. The summed E-state index contributed by atoms with van der Waals surface area (Å²) in [4.78, 5) is 20.5. The van der Waals surface area contributed by atoms with Gasteiger partial charge in [0.2, 0.25) is 5.91 Å². The Morgan fingerprint density at radius 2 is 2.40 bits per heavy atom. The predicted octanol–water partition coefficient (Wildman–Crippen LogP) is 2.59. The summed E-state index contributed by atoms with van der Waals surface area (Å²) in [6.45, 7) is 4.45. The maximum absolute atomic E-state index is 12.0. The van der Waals surface area contributed by atoms with Crippen LogP contribution in [0.15, 0.2) is 17.9 Å². The highest BCUT2D eigenvalue weighted by Gasteiger charge is 2.34. The number of imidazole rings is 1. The van der Waals surface area contributed by atoms with Crippen molar-refractivity contribution in [3.05, 3.63) is 29.3 Å². The van der Waals surface area contributed by atoms with Crippen molar-refractivity contribution in [1.29, 1.82) is 0 Å². The van der Waals surface area contributed by atoms with Crippen molar-refractivity contribution < 1.29 is 4.79 Å². The maximum Gasteiger partial charge on any atom is 0.232 e. The summed E-state index contributed by atoms with van der Waals surface area (Å²) >= 11 is 1.42. The van der Waals surface area contributed by atoms with E-state index in [1.807, 2.05) is 11.7 Å². The summed E-state index contributed by atoms with van der Waals surface area (Å²) < 4.78 is 2.25. The first-order valence-electron chi connectivity index (χ1n) is 6.87. The van der Waals surface area contributed by atoms with Gasteiger partial charge in [0.15, 0.2) is 5.13 Å². The lowest BCUT2D eigenvalue weighted by Crippen LogP contribution is -2.24. The van der Waals surface area contributed by atoms with Gasteiger partial charge in [-0.15, -0.1) is 11.3 Å². The zero-order valence-electron chi connectivity index (χ0n) is 11.7.